The Balaban J connectivity index is 0.00000225. The molecule has 28 heavy (non-hydrogen) atoms. The van der Waals surface area contributed by atoms with Crippen LogP contribution in [0.25, 0.3) is 10.8 Å². The number of hydrogen-bond acceptors (Lipinski definition) is 3. The van der Waals surface area contributed by atoms with Gasteiger partial charge in [-0.1, -0.05) is 30.3 Å². The van der Waals surface area contributed by atoms with Gasteiger partial charge in [-0.2, -0.15) is 0 Å². The molecule has 152 valence electrons. The molecule has 1 atom stereocenters. The first-order valence-electron chi connectivity index (χ1n) is 9.99. The SMILES string of the molecule is COc1ccc2ccccc2c1CCNC(=O)N1CCCC2(CCNC2)C1.Cl. The molecule has 1 unspecified atom stereocenters. The Kier molecular flexibility index (Phi) is 6.68. The van der Waals surface area contributed by atoms with E-state index < -0.39 is 0 Å². The van der Waals surface area contributed by atoms with Crippen LogP contribution < -0.4 is 15.4 Å². The molecule has 1 spiro atoms. The van der Waals surface area contributed by atoms with E-state index in [2.05, 4.69) is 28.8 Å². The monoisotopic (exact) mass is 403 g/mol. The van der Waals surface area contributed by atoms with Gasteiger partial charge in [-0.25, -0.2) is 4.79 Å². The Bertz CT molecular complexity index is 821. The van der Waals surface area contributed by atoms with Crippen LogP contribution in [0, 0.1) is 5.41 Å². The standard InChI is InChI=1S/C22H29N3O2.ClH/c1-27-20-8-7-17-5-2-3-6-18(17)19(20)9-12-24-21(26)25-14-4-10-22(16-25)11-13-23-15-22;/h2-3,5-8,23H,4,9-16H2,1H3,(H,24,26);1H. The van der Waals surface area contributed by atoms with Crippen molar-refractivity contribution in [3.8, 4) is 5.75 Å². The van der Waals surface area contributed by atoms with Crippen LogP contribution in [-0.2, 0) is 6.42 Å². The number of likely N-dealkylation sites (tertiary alicyclic amines) is 1. The van der Waals surface area contributed by atoms with Gasteiger partial charge in [0.1, 0.15) is 5.75 Å². The zero-order chi connectivity index (χ0) is 18.7. The summed E-state index contributed by atoms with van der Waals surface area (Å²) in [6.07, 6.45) is 4.28. The van der Waals surface area contributed by atoms with Crippen molar-refractivity contribution in [2.24, 2.45) is 5.41 Å². The van der Waals surface area contributed by atoms with Crippen LogP contribution in [0.5, 0.6) is 5.75 Å². The van der Waals surface area contributed by atoms with E-state index in [4.69, 9.17) is 4.74 Å². The van der Waals surface area contributed by atoms with E-state index in [0.717, 1.165) is 50.3 Å². The summed E-state index contributed by atoms with van der Waals surface area (Å²) >= 11 is 0. The van der Waals surface area contributed by atoms with Crippen molar-refractivity contribution in [3.63, 3.8) is 0 Å². The fraction of sp³-hybridized carbons (Fsp3) is 0.500. The first-order chi connectivity index (χ1) is 13.2. The minimum absolute atomic E-state index is 0. The molecule has 2 aliphatic rings. The molecule has 4 rings (SSSR count). The van der Waals surface area contributed by atoms with E-state index in [9.17, 15) is 4.79 Å². The molecule has 2 aromatic carbocycles. The predicted octanol–water partition coefficient (Wildman–Crippen LogP) is 3.60. The van der Waals surface area contributed by atoms with Gasteiger partial charge in [0.15, 0.2) is 0 Å². The topological polar surface area (TPSA) is 53.6 Å². The Morgan fingerprint density at radius 1 is 1.25 bits per heavy atom. The summed E-state index contributed by atoms with van der Waals surface area (Å²) in [6.45, 7) is 4.49. The average Bonchev–Trinajstić information content (AvgIpc) is 3.15. The number of rotatable bonds is 4. The highest BCUT2D eigenvalue weighted by Crippen LogP contribution is 2.35. The fourth-order valence-corrected chi connectivity index (χ4v) is 4.70. The van der Waals surface area contributed by atoms with Gasteiger partial charge in [0.2, 0.25) is 0 Å². The molecule has 2 N–H and O–H groups in total. The van der Waals surface area contributed by atoms with Crippen LogP contribution in [0.3, 0.4) is 0 Å². The number of carbonyl (C=O) groups is 1. The van der Waals surface area contributed by atoms with Gasteiger partial charge >= 0.3 is 6.03 Å². The van der Waals surface area contributed by atoms with Crippen LogP contribution in [0.2, 0.25) is 0 Å². The van der Waals surface area contributed by atoms with Crippen molar-refractivity contribution >= 4 is 29.2 Å². The maximum absolute atomic E-state index is 12.7. The Morgan fingerprint density at radius 2 is 2.11 bits per heavy atom. The van der Waals surface area contributed by atoms with Crippen LogP contribution in [0.15, 0.2) is 36.4 Å². The Labute approximate surface area is 173 Å². The summed E-state index contributed by atoms with van der Waals surface area (Å²) in [5.74, 6) is 0.886. The molecule has 2 saturated heterocycles. The molecule has 0 radical (unpaired) electrons. The molecule has 5 nitrogen and oxygen atoms in total. The number of hydrogen-bond donors (Lipinski definition) is 2. The van der Waals surface area contributed by atoms with Gasteiger partial charge < -0.3 is 20.3 Å². The third-order valence-electron chi connectivity index (χ3n) is 6.15. The van der Waals surface area contributed by atoms with Crippen LogP contribution in [-0.4, -0.2) is 50.8 Å². The number of halogens is 1. The smallest absolute Gasteiger partial charge is 0.317 e. The van der Waals surface area contributed by atoms with Crippen molar-refractivity contribution in [1.82, 2.24) is 15.5 Å². The normalized spacial score (nSPS) is 21.5. The molecule has 2 fully saturated rings. The Morgan fingerprint density at radius 3 is 2.89 bits per heavy atom. The lowest BCUT2D eigenvalue weighted by Crippen LogP contribution is -2.50. The molecular weight excluding hydrogens is 374 g/mol. The van der Waals surface area contributed by atoms with Crippen molar-refractivity contribution in [2.75, 3.05) is 39.8 Å². The zero-order valence-corrected chi connectivity index (χ0v) is 17.3. The highest BCUT2D eigenvalue weighted by atomic mass is 35.5. The highest BCUT2D eigenvalue weighted by molar-refractivity contribution is 5.88. The maximum Gasteiger partial charge on any atom is 0.317 e. The van der Waals surface area contributed by atoms with Gasteiger partial charge in [-0.3, -0.25) is 0 Å². The molecule has 0 aliphatic carbocycles. The summed E-state index contributed by atoms with van der Waals surface area (Å²) in [5, 5.41) is 8.99. The van der Waals surface area contributed by atoms with Crippen molar-refractivity contribution in [2.45, 2.75) is 25.7 Å². The van der Waals surface area contributed by atoms with Crippen molar-refractivity contribution in [1.29, 1.82) is 0 Å². The molecule has 2 heterocycles. The minimum Gasteiger partial charge on any atom is -0.496 e. The van der Waals surface area contributed by atoms with Crippen LogP contribution in [0.1, 0.15) is 24.8 Å². The lowest BCUT2D eigenvalue weighted by Gasteiger charge is -2.39. The Hall–Kier alpha value is -1.98. The second-order valence-corrected chi connectivity index (χ2v) is 7.90. The average molecular weight is 404 g/mol. The first kappa shape index (κ1) is 20.7. The van der Waals surface area contributed by atoms with Gasteiger partial charge in [-0.15, -0.1) is 12.4 Å². The number of benzene rings is 2. The number of nitrogens with one attached hydrogen (secondary N) is 2. The maximum atomic E-state index is 12.7. The largest absolute Gasteiger partial charge is 0.496 e. The van der Waals surface area contributed by atoms with Gasteiger partial charge in [0.25, 0.3) is 0 Å². The summed E-state index contributed by atoms with van der Waals surface area (Å²) < 4.78 is 5.56. The van der Waals surface area contributed by atoms with Crippen LogP contribution in [0.4, 0.5) is 4.79 Å². The summed E-state index contributed by atoms with van der Waals surface area (Å²) in [4.78, 5) is 14.7. The molecule has 2 aromatic rings. The van der Waals surface area contributed by atoms with Gasteiger partial charge in [0.05, 0.1) is 7.11 Å². The van der Waals surface area contributed by atoms with E-state index >= 15 is 0 Å². The lowest BCUT2D eigenvalue weighted by molar-refractivity contribution is 0.118. The number of amides is 2. The number of methoxy groups -OCH3 is 1. The number of nitrogens with zero attached hydrogens (tertiary/aromatic N) is 1. The molecule has 0 aromatic heterocycles. The minimum atomic E-state index is 0. The van der Waals surface area contributed by atoms with Gasteiger partial charge in [0, 0.05) is 37.2 Å². The first-order valence-corrected chi connectivity index (χ1v) is 9.99. The second kappa shape index (κ2) is 9.01. The number of fused-ring (bicyclic) bond motifs is 1. The summed E-state index contributed by atoms with van der Waals surface area (Å²) in [7, 11) is 1.70. The number of piperidine rings is 1. The van der Waals surface area contributed by atoms with Crippen molar-refractivity contribution < 1.29 is 9.53 Å². The molecule has 2 amide bonds. The highest BCUT2D eigenvalue weighted by Gasteiger charge is 2.39. The van der Waals surface area contributed by atoms with E-state index in [0.29, 0.717) is 12.0 Å². The van der Waals surface area contributed by atoms with Crippen LogP contribution >= 0.6 is 12.4 Å². The van der Waals surface area contributed by atoms with E-state index in [1.165, 1.54) is 23.6 Å². The number of urea groups is 1. The predicted molar refractivity (Wildman–Crippen MR) is 116 cm³/mol. The third kappa shape index (κ3) is 4.20. The third-order valence-corrected chi connectivity index (χ3v) is 6.15. The summed E-state index contributed by atoms with van der Waals surface area (Å²) in [6, 6.07) is 12.5. The lowest BCUT2D eigenvalue weighted by atomic mass is 9.79. The second-order valence-electron chi connectivity index (χ2n) is 7.90. The van der Waals surface area contributed by atoms with Crippen molar-refractivity contribution in [3.05, 3.63) is 42.0 Å². The number of carbonyl (C=O) groups excluding carboxylic acids is 1. The van der Waals surface area contributed by atoms with Gasteiger partial charge in [-0.05, 0) is 49.1 Å². The molecule has 2 aliphatic heterocycles. The molecular formula is C22H30ClN3O2. The van der Waals surface area contributed by atoms with E-state index in [1.54, 1.807) is 7.11 Å². The molecule has 0 saturated carbocycles. The fourth-order valence-electron chi connectivity index (χ4n) is 4.70. The molecule has 6 heteroatoms. The van der Waals surface area contributed by atoms with E-state index in [-0.39, 0.29) is 18.4 Å². The quantitative estimate of drug-likeness (QED) is 0.820. The zero-order valence-electron chi connectivity index (χ0n) is 16.5. The number of ether oxygens (including phenoxy) is 1. The summed E-state index contributed by atoms with van der Waals surface area (Å²) in [5.41, 5.74) is 1.46. The van der Waals surface area contributed by atoms with E-state index in [1.807, 2.05) is 23.1 Å². The molecule has 0 bridgehead atoms.